The molecule has 0 aliphatic carbocycles. The van der Waals surface area contributed by atoms with E-state index in [0.717, 1.165) is 30.3 Å². The number of rotatable bonds is 1. The summed E-state index contributed by atoms with van der Waals surface area (Å²) in [6.45, 7) is 3.87. The Morgan fingerprint density at radius 1 is 1.29 bits per heavy atom. The maximum atomic E-state index is 11.5. The molecule has 1 fully saturated rings. The third kappa shape index (κ3) is 1.84. The first kappa shape index (κ1) is 10.4. The van der Waals surface area contributed by atoms with Crippen molar-refractivity contribution in [2.24, 2.45) is 5.92 Å². The maximum absolute atomic E-state index is 11.5. The van der Waals surface area contributed by atoms with Gasteiger partial charge < -0.3 is 14.4 Å². The second-order valence-corrected chi connectivity index (χ2v) is 4.60. The highest BCUT2D eigenvalue weighted by atomic mass is 16.7. The Morgan fingerprint density at radius 3 is 2.94 bits per heavy atom. The smallest absolute Gasteiger partial charge is 0.231 e. The van der Waals surface area contributed by atoms with Crippen LogP contribution in [0, 0.1) is 5.92 Å². The number of carbonyl (C=O) groups excluding carboxylic acids is 1. The lowest BCUT2D eigenvalue weighted by molar-refractivity contribution is -0.122. The molecule has 17 heavy (non-hydrogen) atoms. The minimum Gasteiger partial charge on any atom is -0.454 e. The maximum Gasteiger partial charge on any atom is 0.231 e. The molecule has 1 atom stereocenters. The SMILES string of the molecule is CC1CN(c2ccc3c(c2)OCO3)CCC1=O. The van der Waals surface area contributed by atoms with Crippen LogP contribution in [0.5, 0.6) is 11.5 Å². The van der Waals surface area contributed by atoms with E-state index in [2.05, 4.69) is 4.90 Å². The first-order valence-electron chi connectivity index (χ1n) is 5.91. The zero-order chi connectivity index (χ0) is 11.8. The molecular weight excluding hydrogens is 218 g/mol. The molecule has 90 valence electrons. The number of fused-ring (bicyclic) bond motifs is 1. The van der Waals surface area contributed by atoms with Crippen LogP contribution in [0.15, 0.2) is 18.2 Å². The van der Waals surface area contributed by atoms with Crippen LogP contribution in [0.3, 0.4) is 0 Å². The average Bonchev–Trinajstić information content (AvgIpc) is 2.79. The highest BCUT2D eigenvalue weighted by Crippen LogP contribution is 2.36. The Bertz CT molecular complexity index is 458. The third-order valence-corrected chi connectivity index (χ3v) is 3.39. The van der Waals surface area contributed by atoms with Crippen LogP contribution in [0.4, 0.5) is 5.69 Å². The Labute approximate surface area is 100 Å². The van der Waals surface area contributed by atoms with Gasteiger partial charge in [-0.1, -0.05) is 6.92 Å². The number of ketones is 1. The summed E-state index contributed by atoms with van der Waals surface area (Å²) in [5, 5.41) is 0. The van der Waals surface area contributed by atoms with E-state index in [0.29, 0.717) is 19.0 Å². The predicted molar refractivity (Wildman–Crippen MR) is 63.6 cm³/mol. The summed E-state index contributed by atoms with van der Waals surface area (Å²) >= 11 is 0. The van der Waals surface area contributed by atoms with E-state index in [4.69, 9.17) is 9.47 Å². The number of piperidine rings is 1. The summed E-state index contributed by atoms with van der Waals surface area (Å²) in [6.07, 6.45) is 0.635. The van der Waals surface area contributed by atoms with Gasteiger partial charge in [0.2, 0.25) is 6.79 Å². The molecule has 0 bridgehead atoms. The van der Waals surface area contributed by atoms with Crippen LogP contribution in [0.25, 0.3) is 0 Å². The molecule has 0 aromatic heterocycles. The van der Waals surface area contributed by atoms with E-state index in [-0.39, 0.29) is 5.92 Å². The van der Waals surface area contributed by atoms with Gasteiger partial charge in [-0.2, -0.15) is 0 Å². The molecule has 2 aliphatic rings. The molecule has 2 heterocycles. The van der Waals surface area contributed by atoms with Crippen molar-refractivity contribution in [1.29, 1.82) is 0 Å². The summed E-state index contributed by atoms with van der Waals surface area (Å²) in [7, 11) is 0. The van der Waals surface area contributed by atoms with Crippen molar-refractivity contribution < 1.29 is 14.3 Å². The fourth-order valence-electron chi connectivity index (χ4n) is 2.33. The zero-order valence-corrected chi connectivity index (χ0v) is 9.81. The molecule has 0 amide bonds. The highest BCUT2D eigenvalue weighted by Gasteiger charge is 2.24. The number of ether oxygens (including phenoxy) is 2. The Balaban J connectivity index is 1.82. The van der Waals surface area contributed by atoms with Crippen LogP contribution in [-0.4, -0.2) is 25.7 Å². The van der Waals surface area contributed by atoms with E-state index < -0.39 is 0 Å². The largest absolute Gasteiger partial charge is 0.454 e. The normalized spacial score (nSPS) is 23.0. The second kappa shape index (κ2) is 3.95. The van der Waals surface area contributed by atoms with Gasteiger partial charge in [0.05, 0.1) is 0 Å². The molecule has 0 saturated carbocycles. The molecule has 0 radical (unpaired) electrons. The quantitative estimate of drug-likeness (QED) is 0.741. The number of carbonyl (C=O) groups is 1. The van der Waals surface area contributed by atoms with Gasteiger partial charge >= 0.3 is 0 Å². The van der Waals surface area contributed by atoms with Gasteiger partial charge in [0.15, 0.2) is 11.5 Å². The van der Waals surface area contributed by atoms with Crippen molar-refractivity contribution in [2.45, 2.75) is 13.3 Å². The van der Waals surface area contributed by atoms with Crippen LogP contribution in [-0.2, 0) is 4.79 Å². The first-order valence-corrected chi connectivity index (χ1v) is 5.91. The van der Waals surface area contributed by atoms with Crippen molar-refractivity contribution in [3.05, 3.63) is 18.2 Å². The lowest BCUT2D eigenvalue weighted by Gasteiger charge is -2.31. The van der Waals surface area contributed by atoms with E-state index in [9.17, 15) is 4.79 Å². The van der Waals surface area contributed by atoms with Crippen molar-refractivity contribution in [1.82, 2.24) is 0 Å². The van der Waals surface area contributed by atoms with Gasteiger partial charge in [-0.25, -0.2) is 0 Å². The number of anilines is 1. The molecule has 1 aromatic rings. The molecule has 2 aliphatic heterocycles. The van der Waals surface area contributed by atoms with Crippen molar-refractivity contribution in [3.8, 4) is 11.5 Å². The number of hydrogen-bond donors (Lipinski definition) is 0. The van der Waals surface area contributed by atoms with E-state index >= 15 is 0 Å². The minimum atomic E-state index is 0.120. The van der Waals surface area contributed by atoms with Crippen molar-refractivity contribution in [2.75, 3.05) is 24.8 Å². The summed E-state index contributed by atoms with van der Waals surface area (Å²) in [4.78, 5) is 13.7. The lowest BCUT2D eigenvalue weighted by Crippen LogP contribution is -2.39. The monoisotopic (exact) mass is 233 g/mol. The molecule has 4 heteroatoms. The standard InChI is InChI=1S/C13H15NO3/c1-9-7-14(5-4-11(9)15)10-2-3-12-13(6-10)17-8-16-12/h2-3,6,9H,4-5,7-8H2,1H3. The van der Waals surface area contributed by atoms with Crippen LogP contribution < -0.4 is 14.4 Å². The topological polar surface area (TPSA) is 38.8 Å². The lowest BCUT2D eigenvalue weighted by atomic mass is 9.98. The molecule has 1 unspecified atom stereocenters. The summed E-state index contributed by atoms with van der Waals surface area (Å²) in [6, 6.07) is 5.94. The average molecular weight is 233 g/mol. The molecule has 3 rings (SSSR count). The van der Waals surface area contributed by atoms with E-state index in [1.54, 1.807) is 0 Å². The van der Waals surface area contributed by atoms with Crippen molar-refractivity contribution in [3.63, 3.8) is 0 Å². The highest BCUT2D eigenvalue weighted by molar-refractivity contribution is 5.83. The second-order valence-electron chi connectivity index (χ2n) is 4.60. The Hall–Kier alpha value is -1.71. The summed E-state index contributed by atoms with van der Waals surface area (Å²) < 4.78 is 10.6. The van der Waals surface area contributed by atoms with Gasteiger partial charge in [-0.05, 0) is 12.1 Å². The minimum absolute atomic E-state index is 0.120. The van der Waals surface area contributed by atoms with Crippen LogP contribution >= 0.6 is 0 Å². The molecule has 0 spiro atoms. The van der Waals surface area contributed by atoms with Gasteiger partial charge in [0.25, 0.3) is 0 Å². The summed E-state index contributed by atoms with van der Waals surface area (Å²) in [5.41, 5.74) is 1.11. The molecular formula is C13H15NO3. The van der Waals surface area contributed by atoms with Gasteiger partial charge in [0.1, 0.15) is 5.78 Å². The van der Waals surface area contributed by atoms with Crippen LogP contribution in [0.1, 0.15) is 13.3 Å². The van der Waals surface area contributed by atoms with E-state index in [1.807, 2.05) is 25.1 Å². The molecule has 1 saturated heterocycles. The molecule has 1 aromatic carbocycles. The number of nitrogens with zero attached hydrogens (tertiary/aromatic N) is 1. The molecule has 4 nitrogen and oxygen atoms in total. The fourth-order valence-corrected chi connectivity index (χ4v) is 2.33. The first-order chi connectivity index (χ1) is 8.24. The Kier molecular flexibility index (Phi) is 2.42. The van der Waals surface area contributed by atoms with Crippen molar-refractivity contribution >= 4 is 11.5 Å². The number of hydrogen-bond acceptors (Lipinski definition) is 4. The zero-order valence-electron chi connectivity index (χ0n) is 9.81. The predicted octanol–water partition coefficient (Wildman–Crippen LogP) is 1.83. The summed E-state index contributed by atoms with van der Waals surface area (Å²) in [5.74, 6) is 2.08. The van der Waals surface area contributed by atoms with Gasteiger partial charge in [0, 0.05) is 37.2 Å². The van der Waals surface area contributed by atoms with E-state index in [1.165, 1.54) is 0 Å². The number of Topliss-reactive ketones (excluding diaryl/α,β-unsaturated/α-hetero) is 1. The molecule has 0 N–H and O–H groups in total. The third-order valence-electron chi connectivity index (χ3n) is 3.39. The van der Waals surface area contributed by atoms with Crippen LogP contribution in [0.2, 0.25) is 0 Å². The Morgan fingerprint density at radius 2 is 2.12 bits per heavy atom. The van der Waals surface area contributed by atoms with Gasteiger partial charge in [-0.15, -0.1) is 0 Å². The van der Waals surface area contributed by atoms with Gasteiger partial charge in [-0.3, -0.25) is 4.79 Å². The number of benzene rings is 1. The fraction of sp³-hybridized carbons (Fsp3) is 0.462.